The summed E-state index contributed by atoms with van der Waals surface area (Å²) in [4.78, 5) is 24.3. The van der Waals surface area contributed by atoms with Crippen LogP contribution in [-0.2, 0) is 4.79 Å². The molecule has 0 aromatic heterocycles. The molecule has 0 saturated heterocycles. The van der Waals surface area contributed by atoms with Crippen molar-refractivity contribution in [3.05, 3.63) is 34.3 Å². The van der Waals surface area contributed by atoms with Gasteiger partial charge in [0.25, 0.3) is 5.91 Å². The summed E-state index contributed by atoms with van der Waals surface area (Å²) in [5.41, 5.74) is 0.564. The maximum absolute atomic E-state index is 11.8. The molecule has 0 radical (unpaired) electrons. The molecular formula is C11H13BrN2O2. The van der Waals surface area contributed by atoms with E-state index in [0.717, 1.165) is 4.47 Å². The van der Waals surface area contributed by atoms with Crippen molar-refractivity contribution in [3.63, 3.8) is 0 Å². The highest BCUT2D eigenvalue weighted by Gasteiger charge is 2.13. The summed E-state index contributed by atoms with van der Waals surface area (Å²) in [7, 11) is 3.14. The van der Waals surface area contributed by atoms with Gasteiger partial charge in [-0.05, 0) is 24.3 Å². The second-order valence-electron chi connectivity index (χ2n) is 3.34. The van der Waals surface area contributed by atoms with Crippen LogP contribution in [0.5, 0.6) is 0 Å². The lowest BCUT2D eigenvalue weighted by Gasteiger charge is -2.15. The van der Waals surface area contributed by atoms with E-state index in [1.807, 2.05) is 0 Å². The van der Waals surface area contributed by atoms with Crippen LogP contribution in [0.3, 0.4) is 0 Å². The lowest BCUT2D eigenvalue weighted by atomic mass is 10.2. The first-order valence-electron chi connectivity index (χ1n) is 4.76. The van der Waals surface area contributed by atoms with E-state index in [0.29, 0.717) is 5.56 Å². The summed E-state index contributed by atoms with van der Waals surface area (Å²) >= 11 is 3.29. The topological polar surface area (TPSA) is 49.4 Å². The minimum Gasteiger partial charge on any atom is -0.358 e. The van der Waals surface area contributed by atoms with Crippen LogP contribution in [-0.4, -0.2) is 37.4 Å². The van der Waals surface area contributed by atoms with Gasteiger partial charge in [0.05, 0.1) is 6.54 Å². The highest BCUT2D eigenvalue weighted by molar-refractivity contribution is 9.10. The van der Waals surface area contributed by atoms with Crippen molar-refractivity contribution in [2.45, 2.75) is 0 Å². The van der Waals surface area contributed by atoms with E-state index < -0.39 is 0 Å². The number of benzene rings is 1. The molecule has 0 saturated carbocycles. The van der Waals surface area contributed by atoms with Crippen molar-refractivity contribution in [1.82, 2.24) is 10.2 Å². The Kier molecular flexibility index (Phi) is 4.49. The number of halogens is 1. The molecule has 0 aliphatic carbocycles. The van der Waals surface area contributed by atoms with E-state index in [1.54, 1.807) is 38.4 Å². The highest BCUT2D eigenvalue weighted by atomic mass is 79.9. The second kappa shape index (κ2) is 5.65. The Morgan fingerprint density at radius 3 is 2.38 bits per heavy atom. The van der Waals surface area contributed by atoms with Crippen molar-refractivity contribution in [1.29, 1.82) is 0 Å². The number of nitrogens with zero attached hydrogens (tertiary/aromatic N) is 1. The van der Waals surface area contributed by atoms with E-state index in [2.05, 4.69) is 21.2 Å². The van der Waals surface area contributed by atoms with Gasteiger partial charge in [-0.1, -0.05) is 15.9 Å². The molecular weight excluding hydrogens is 272 g/mol. The summed E-state index contributed by atoms with van der Waals surface area (Å²) in [6.07, 6.45) is 0. The Morgan fingerprint density at radius 2 is 1.88 bits per heavy atom. The first-order valence-corrected chi connectivity index (χ1v) is 5.55. The zero-order valence-corrected chi connectivity index (χ0v) is 10.7. The fraction of sp³-hybridized carbons (Fsp3) is 0.273. The van der Waals surface area contributed by atoms with Gasteiger partial charge in [-0.3, -0.25) is 9.59 Å². The normalized spacial score (nSPS) is 9.69. The average Bonchev–Trinajstić information content (AvgIpc) is 2.28. The first-order chi connectivity index (χ1) is 7.54. The number of likely N-dealkylation sites (N-methyl/N-ethyl adjacent to an activating group) is 2. The molecule has 0 spiro atoms. The molecule has 0 atom stereocenters. The van der Waals surface area contributed by atoms with Crippen LogP contribution in [0, 0.1) is 0 Å². The molecule has 1 aromatic rings. The molecule has 2 amide bonds. The van der Waals surface area contributed by atoms with Crippen molar-refractivity contribution in [2.24, 2.45) is 0 Å². The number of nitrogens with one attached hydrogen (secondary N) is 1. The van der Waals surface area contributed by atoms with Crippen LogP contribution in [0.15, 0.2) is 28.7 Å². The summed E-state index contributed by atoms with van der Waals surface area (Å²) in [6.45, 7) is 0.0609. The second-order valence-corrected chi connectivity index (χ2v) is 4.26. The minimum absolute atomic E-state index is 0.0609. The van der Waals surface area contributed by atoms with Crippen molar-refractivity contribution in [2.75, 3.05) is 20.6 Å². The summed E-state index contributed by atoms with van der Waals surface area (Å²) in [5.74, 6) is -0.357. The number of carbonyl (C=O) groups is 2. The van der Waals surface area contributed by atoms with E-state index in [1.165, 1.54) is 4.90 Å². The Balaban J connectivity index is 2.70. The molecule has 16 heavy (non-hydrogen) atoms. The molecule has 1 N–H and O–H groups in total. The SMILES string of the molecule is CNC(=O)CN(C)C(=O)c1ccc(Br)cc1. The van der Waals surface area contributed by atoms with E-state index >= 15 is 0 Å². The molecule has 1 aromatic carbocycles. The van der Waals surface area contributed by atoms with Gasteiger partial charge < -0.3 is 10.2 Å². The zero-order valence-electron chi connectivity index (χ0n) is 9.16. The quantitative estimate of drug-likeness (QED) is 0.909. The predicted octanol–water partition coefficient (Wildman–Crippen LogP) is 1.27. The molecule has 0 aliphatic rings. The largest absolute Gasteiger partial charge is 0.358 e. The van der Waals surface area contributed by atoms with Crippen LogP contribution in [0.4, 0.5) is 0 Å². The standard InChI is InChI=1S/C11H13BrN2O2/c1-13-10(15)7-14(2)11(16)8-3-5-9(12)6-4-8/h3-6H,7H2,1-2H3,(H,13,15). The van der Waals surface area contributed by atoms with Crippen LogP contribution in [0.25, 0.3) is 0 Å². The van der Waals surface area contributed by atoms with Gasteiger partial charge in [0.1, 0.15) is 0 Å². The van der Waals surface area contributed by atoms with Crippen LogP contribution in [0.1, 0.15) is 10.4 Å². The van der Waals surface area contributed by atoms with Gasteiger partial charge in [-0.2, -0.15) is 0 Å². The van der Waals surface area contributed by atoms with Gasteiger partial charge in [0.15, 0.2) is 0 Å². The van der Waals surface area contributed by atoms with Crippen molar-refractivity contribution >= 4 is 27.7 Å². The van der Waals surface area contributed by atoms with Crippen molar-refractivity contribution in [3.8, 4) is 0 Å². The molecule has 0 bridgehead atoms. The maximum Gasteiger partial charge on any atom is 0.254 e. The maximum atomic E-state index is 11.8. The van der Waals surface area contributed by atoms with Gasteiger partial charge in [-0.15, -0.1) is 0 Å². The Morgan fingerprint density at radius 1 is 1.31 bits per heavy atom. The van der Waals surface area contributed by atoms with Gasteiger partial charge in [-0.25, -0.2) is 0 Å². The Hall–Kier alpha value is -1.36. The van der Waals surface area contributed by atoms with Crippen LogP contribution >= 0.6 is 15.9 Å². The van der Waals surface area contributed by atoms with E-state index in [-0.39, 0.29) is 18.4 Å². The number of hydrogen-bond donors (Lipinski definition) is 1. The number of amides is 2. The van der Waals surface area contributed by atoms with Gasteiger partial charge in [0, 0.05) is 24.1 Å². The van der Waals surface area contributed by atoms with Crippen LogP contribution in [0.2, 0.25) is 0 Å². The molecule has 0 aliphatic heterocycles. The smallest absolute Gasteiger partial charge is 0.254 e. The molecule has 0 heterocycles. The molecule has 0 fully saturated rings. The lowest BCUT2D eigenvalue weighted by molar-refractivity contribution is -0.121. The summed E-state index contributed by atoms with van der Waals surface area (Å²) in [6, 6.07) is 7.02. The lowest BCUT2D eigenvalue weighted by Crippen LogP contribution is -2.36. The van der Waals surface area contributed by atoms with Gasteiger partial charge >= 0.3 is 0 Å². The third-order valence-electron chi connectivity index (χ3n) is 2.10. The first kappa shape index (κ1) is 12.7. The van der Waals surface area contributed by atoms with Crippen LogP contribution < -0.4 is 5.32 Å². The number of rotatable bonds is 3. The summed E-state index contributed by atoms with van der Waals surface area (Å²) in [5, 5.41) is 2.47. The fourth-order valence-electron chi connectivity index (χ4n) is 1.18. The molecule has 5 heteroatoms. The number of hydrogen-bond acceptors (Lipinski definition) is 2. The predicted molar refractivity (Wildman–Crippen MR) is 65.2 cm³/mol. The Bertz CT molecular complexity index is 389. The minimum atomic E-state index is -0.187. The molecule has 0 unspecified atom stereocenters. The summed E-state index contributed by atoms with van der Waals surface area (Å²) < 4.78 is 0.915. The Labute approximate surface area is 103 Å². The average molecular weight is 285 g/mol. The zero-order chi connectivity index (χ0) is 12.1. The third-order valence-corrected chi connectivity index (χ3v) is 2.63. The molecule has 1 rings (SSSR count). The van der Waals surface area contributed by atoms with E-state index in [4.69, 9.17) is 0 Å². The monoisotopic (exact) mass is 284 g/mol. The highest BCUT2D eigenvalue weighted by Crippen LogP contribution is 2.11. The third kappa shape index (κ3) is 3.34. The van der Waals surface area contributed by atoms with E-state index in [9.17, 15) is 9.59 Å². The fourth-order valence-corrected chi connectivity index (χ4v) is 1.44. The van der Waals surface area contributed by atoms with Crippen molar-refractivity contribution < 1.29 is 9.59 Å². The molecule has 86 valence electrons. The number of carbonyl (C=O) groups excluding carboxylic acids is 2. The van der Waals surface area contributed by atoms with Gasteiger partial charge in [0.2, 0.25) is 5.91 Å². The molecule has 4 nitrogen and oxygen atoms in total.